The molecule has 0 aliphatic rings. The van der Waals surface area contributed by atoms with E-state index in [2.05, 4.69) is 11.1 Å². The van der Waals surface area contributed by atoms with Gasteiger partial charge in [0.15, 0.2) is 0 Å². The van der Waals surface area contributed by atoms with Crippen LogP contribution >= 0.6 is 11.6 Å². The van der Waals surface area contributed by atoms with E-state index in [0.717, 1.165) is 27.8 Å². The number of benzene rings is 3. The number of nitrogens with one attached hydrogen (secondary N) is 1. The van der Waals surface area contributed by atoms with Crippen molar-refractivity contribution in [1.82, 2.24) is 0 Å². The van der Waals surface area contributed by atoms with Crippen molar-refractivity contribution >= 4 is 22.7 Å². The Labute approximate surface area is 145 Å². The molecule has 0 aliphatic carbocycles. The summed E-state index contributed by atoms with van der Waals surface area (Å²) >= 11 is 5.55. The van der Waals surface area contributed by atoms with Crippen molar-refractivity contribution in [3.8, 4) is 22.3 Å². The molecular formula is C20H16ClN3. The van der Waals surface area contributed by atoms with E-state index in [1.54, 1.807) is 0 Å². The fraction of sp³-hybridized carbons (Fsp3) is 0. The lowest BCUT2D eigenvalue weighted by atomic mass is 9.96. The molecule has 0 bridgehead atoms. The van der Waals surface area contributed by atoms with Crippen molar-refractivity contribution < 1.29 is 0 Å². The van der Waals surface area contributed by atoms with E-state index in [-0.39, 0.29) is 11.1 Å². The van der Waals surface area contributed by atoms with Gasteiger partial charge >= 0.3 is 0 Å². The topological polar surface area (TPSA) is 62.2 Å². The van der Waals surface area contributed by atoms with Crippen LogP contribution in [0.3, 0.4) is 0 Å². The van der Waals surface area contributed by atoms with Gasteiger partial charge in [-0.2, -0.15) is 0 Å². The highest BCUT2D eigenvalue weighted by atomic mass is 35.5. The van der Waals surface area contributed by atoms with Crippen LogP contribution in [0.2, 0.25) is 0 Å². The Morgan fingerprint density at radius 2 is 1.21 bits per heavy atom. The van der Waals surface area contributed by atoms with Crippen LogP contribution in [0.1, 0.15) is 5.56 Å². The van der Waals surface area contributed by atoms with Gasteiger partial charge in [-0.1, -0.05) is 60.7 Å². The number of amidine groups is 2. The minimum Gasteiger partial charge on any atom is -0.383 e. The molecule has 4 heteroatoms. The summed E-state index contributed by atoms with van der Waals surface area (Å²) in [6, 6.07) is 26.2. The molecule has 118 valence electrons. The molecule has 3 rings (SSSR count). The highest BCUT2D eigenvalue weighted by molar-refractivity contribution is 6.64. The summed E-state index contributed by atoms with van der Waals surface area (Å²) in [4.78, 5) is 3.86. The number of halogens is 1. The Morgan fingerprint density at radius 3 is 1.62 bits per heavy atom. The van der Waals surface area contributed by atoms with Crippen LogP contribution in [0.15, 0.2) is 83.9 Å². The summed E-state index contributed by atoms with van der Waals surface area (Å²) in [5, 5.41) is 6.97. The van der Waals surface area contributed by atoms with Gasteiger partial charge in [0, 0.05) is 5.56 Å². The SMILES string of the molecule is N=C(Cl)/N=C(\N)c1cc(-c2ccccc2)cc(-c2ccccc2)c1. The zero-order chi connectivity index (χ0) is 16.9. The zero-order valence-electron chi connectivity index (χ0n) is 12.9. The summed E-state index contributed by atoms with van der Waals surface area (Å²) in [6.45, 7) is 0. The number of rotatable bonds is 3. The molecule has 0 spiro atoms. The fourth-order valence-electron chi connectivity index (χ4n) is 2.54. The maximum absolute atomic E-state index is 7.31. The van der Waals surface area contributed by atoms with Gasteiger partial charge in [-0.15, -0.1) is 0 Å². The first-order valence-corrected chi connectivity index (χ1v) is 7.86. The molecule has 0 fully saturated rings. The van der Waals surface area contributed by atoms with Gasteiger partial charge in [0.05, 0.1) is 0 Å². The number of hydrogen-bond donors (Lipinski definition) is 2. The lowest BCUT2D eigenvalue weighted by molar-refractivity contribution is 1.45. The number of nitrogens with zero attached hydrogens (tertiary/aromatic N) is 1. The Morgan fingerprint density at radius 1 is 0.750 bits per heavy atom. The van der Waals surface area contributed by atoms with Crippen LogP contribution < -0.4 is 5.73 Å². The highest BCUT2D eigenvalue weighted by Gasteiger charge is 2.08. The first-order valence-electron chi connectivity index (χ1n) is 7.48. The minimum absolute atomic E-state index is 0.227. The van der Waals surface area contributed by atoms with Crippen LogP contribution in [-0.2, 0) is 0 Å². The molecule has 0 aromatic heterocycles. The predicted octanol–water partition coefficient (Wildman–Crippen LogP) is 4.90. The Bertz CT molecular complexity index is 830. The Hall–Kier alpha value is -2.91. The summed E-state index contributed by atoms with van der Waals surface area (Å²) < 4.78 is 0. The number of aliphatic imine (C=N–C) groups is 1. The Kier molecular flexibility index (Phi) is 4.73. The van der Waals surface area contributed by atoms with Gasteiger partial charge in [-0.05, 0) is 52.1 Å². The third-order valence-corrected chi connectivity index (χ3v) is 3.75. The molecule has 3 aromatic carbocycles. The van der Waals surface area contributed by atoms with Crippen molar-refractivity contribution in [1.29, 1.82) is 5.41 Å². The van der Waals surface area contributed by atoms with E-state index in [4.69, 9.17) is 22.7 Å². The quantitative estimate of drug-likeness (QED) is 0.399. The molecule has 3 nitrogen and oxygen atoms in total. The molecule has 0 heterocycles. The van der Waals surface area contributed by atoms with Crippen LogP contribution in [0, 0.1) is 5.41 Å². The van der Waals surface area contributed by atoms with Crippen molar-refractivity contribution in [3.63, 3.8) is 0 Å². The van der Waals surface area contributed by atoms with Crippen molar-refractivity contribution in [2.75, 3.05) is 0 Å². The second-order valence-electron chi connectivity index (χ2n) is 5.32. The van der Waals surface area contributed by atoms with Crippen LogP contribution in [0.4, 0.5) is 0 Å². The van der Waals surface area contributed by atoms with E-state index < -0.39 is 0 Å². The van der Waals surface area contributed by atoms with Crippen molar-refractivity contribution in [2.24, 2.45) is 10.7 Å². The molecule has 0 atom stereocenters. The lowest BCUT2D eigenvalue weighted by Gasteiger charge is -2.10. The fourth-order valence-corrected chi connectivity index (χ4v) is 2.63. The maximum atomic E-state index is 7.31. The second-order valence-corrected chi connectivity index (χ2v) is 5.68. The molecule has 0 saturated heterocycles. The van der Waals surface area contributed by atoms with E-state index >= 15 is 0 Å². The molecule has 0 unspecified atom stereocenters. The monoisotopic (exact) mass is 333 g/mol. The predicted molar refractivity (Wildman–Crippen MR) is 102 cm³/mol. The van der Waals surface area contributed by atoms with E-state index in [1.165, 1.54) is 0 Å². The van der Waals surface area contributed by atoms with E-state index in [9.17, 15) is 0 Å². The maximum Gasteiger partial charge on any atom is 0.216 e. The minimum atomic E-state index is -0.334. The summed E-state index contributed by atoms with van der Waals surface area (Å²) in [5.74, 6) is 0.227. The number of hydrogen-bond acceptors (Lipinski definition) is 1. The summed E-state index contributed by atoms with van der Waals surface area (Å²) in [5.41, 5.74) is 11.0. The van der Waals surface area contributed by atoms with E-state index in [1.807, 2.05) is 72.8 Å². The molecular weight excluding hydrogens is 318 g/mol. The van der Waals surface area contributed by atoms with Crippen LogP contribution in [0.5, 0.6) is 0 Å². The second kappa shape index (κ2) is 7.11. The van der Waals surface area contributed by atoms with Crippen LogP contribution in [0.25, 0.3) is 22.3 Å². The number of nitrogens with two attached hydrogens (primary N) is 1. The van der Waals surface area contributed by atoms with Gasteiger partial charge in [0.2, 0.25) is 5.29 Å². The van der Waals surface area contributed by atoms with Gasteiger partial charge in [0.25, 0.3) is 0 Å². The van der Waals surface area contributed by atoms with Gasteiger partial charge in [0.1, 0.15) is 5.84 Å². The van der Waals surface area contributed by atoms with Crippen molar-refractivity contribution in [3.05, 3.63) is 84.4 Å². The average molecular weight is 334 g/mol. The smallest absolute Gasteiger partial charge is 0.216 e. The molecule has 3 N–H and O–H groups in total. The average Bonchev–Trinajstić information content (AvgIpc) is 2.62. The highest BCUT2D eigenvalue weighted by Crippen LogP contribution is 2.28. The molecule has 0 amide bonds. The Balaban J connectivity index is 2.18. The largest absolute Gasteiger partial charge is 0.383 e. The molecule has 0 radical (unpaired) electrons. The van der Waals surface area contributed by atoms with Gasteiger partial charge in [-0.3, -0.25) is 5.41 Å². The van der Waals surface area contributed by atoms with E-state index in [0.29, 0.717) is 0 Å². The molecule has 0 aliphatic heterocycles. The lowest BCUT2D eigenvalue weighted by Crippen LogP contribution is -2.14. The molecule has 3 aromatic rings. The summed E-state index contributed by atoms with van der Waals surface area (Å²) in [6.07, 6.45) is 0. The van der Waals surface area contributed by atoms with Crippen molar-refractivity contribution in [2.45, 2.75) is 0 Å². The van der Waals surface area contributed by atoms with Crippen LogP contribution in [-0.4, -0.2) is 11.1 Å². The molecule has 0 saturated carbocycles. The normalized spacial score (nSPS) is 11.3. The zero-order valence-corrected chi connectivity index (χ0v) is 13.7. The molecule has 24 heavy (non-hydrogen) atoms. The first kappa shape index (κ1) is 16.0. The third kappa shape index (κ3) is 3.70. The first-order chi connectivity index (χ1) is 11.6. The third-order valence-electron chi connectivity index (χ3n) is 3.66. The summed E-state index contributed by atoms with van der Waals surface area (Å²) in [7, 11) is 0. The van der Waals surface area contributed by atoms with Gasteiger partial charge in [-0.25, -0.2) is 4.99 Å². The standard InChI is InChI=1S/C20H16ClN3/c21-20(23)24-19(22)18-12-16(14-7-3-1-4-8-14)11-17(13-18)15-9-5-2-6-10-15/h1-13H,(H3,22,23,24). The van der Waals surface area contributed by atoms with Gasteiger partial charge < -0.3 is 5.73 Å².